The number of phenolic OH excluding ortho intramolecular Hbond substituents is 1. The fraction of sp³-hybridized carbons (Fsp3) is 0.0714. The van der Waals surface area contributed by atoms with Gasteiger partial charge in [0, 0.05) is 18.3 Å². The van der Waals surface area contributed by atoms with Gasteiger partial charge in [-0.1, -0.05) is 30.3 Å². The molecule has 0 aliphatic carbocycles. The van der Waals surface area contributed by atoms with E-state index >= 15 is 0 Å². The van der Waals surface area contributed by atoms with Gasteiger partial charge in [0.15, 0.2) is 5.65 Å². The van der Waals surface area contributed by atoms with Crippen LogP contribution in [0.1, 0.15) is 11.3 Å². The lowest BCUT2D eigenvalue weighted by Crippen LogP contribution is -2.25. The van der Waals surface area contributed by atoms with Gasteiger partial charge in [-0.15, -0.1) is 0 Å². The van der Waals surface area contributed by atoms with E-state index in [9.17, 15) is 14.7 Å². The highest BCUT2D eigenvalue weighted by molar-refractivity contribution is 6.00. The molecule has 0 bridgehead atoms. The quantitative estimate of drug-likeness (QED) is 0.315. The molecule has 0 aliphatic rings. The lowest BCUT2D eigenvalue weighted by atomic mass is 10.1. The summed E-state index contributed by atoms with van der Waals surface area (Å²) in [6.45, 7) is 0. The van der Waals surface area contributed by atoms with Crippen LogP contribution in [0, 0.1) is 0 Å². The molecule has 0 fully saturated rings. The fourth-order valence-electron chi connectivity index (χ4n) is 3.98. The van der Waals surface area contributed by atoms with Crippen LogP contribution < -0.4 is 20.9 Å². The van der Waals surface area contributed by atoms with Crippen LogP contribution in [0.4, 0.5) is 16.2 Å². The van der Waals surface area contributed by atoms with E-state index in [1.165, 1.54) is 11.7 Å². The molecule has 0 atom stereocenters. The van der Waals surface area contributed by atoms with Crippen molar-refractivity contribution in [1.29, 1.82) is 0 Å². The molecule has 0 saturated carbocycles. The molecule has 2 aromatic heterocycles. The third kappa shape index (κ3) is 5.10. The van der Waals surface area contributed by atoms with Crippen molar-refractivity contribution in [3.05, 3.63) is 113 Å². The lowest BCUT2D eigenvalue weighted by molar-refractivity contribution is 0.262. The maximum atomic E-state index is 13.6. The number of ether oxygens (including phenoxy) is 1. The first-order valence-electron chi connectivity index (χ1n) is 11.5. The summed E-state index contributed by atoms with van der Waals surface area (Å²) in [6.07, 6.45) is 1.88. The van der Waals surface area contributed by atoms with Crippen LogP contribution in [0.15, 0.2) is 95.9 Å². The number of benzene rings is 3. The van der Waals surface area contributed by atoms with Crippen molar-refractivity contribution in [1.82, 2.24) is 14.5 Å². The summed E-state index contributed by atoms with van der Waals surface area (Å²) in [7, 11) is 1.53. The number of carbonyl (C=O) groups is 1. The summed E-state index contributed by atoms with van der Waals surface area (Å²) < 4.78 is 6.77. The zero-order valence-corrected chi connectivity index (χ0v) is 19.9. The maximum Gasteiger partial charge on any atom is 0.323 e. The number of rotatable bonds is 6. The Morgan fingerprint density at radius 1 is 0.973 bits per heavy atom. The van der Waals surface area contributed by atoms with Crippen molar-refractivity contribution in [2.45, 2.75) is 6.42 Å². The van der Waals surface area contributed by atoms with Gasteiger partial charge in [0.25, 0.3) is 5.56 Å². The molecule has 3 aromatic carbocycles. The van der Waals surface area contributed by atoms with Crippen molar-refractivity contribution in [3.63, 3.8) is 0 Å². The molecular weight excluding hydrogens is 470 g/mol. The van der Waals surface area contributed by atoms with Crippen molar-refractivity contribution < 1.29 is 14.6 Å². The first kappa shape index (κ1) is 23.6. The number of hydrogen-bond donors (Lipinski definition) is 3. The normalized spacial score (nSPS) is 10.7. The van der Waals surface area contributed by atoms with Gasteiger partial charge in [0.2, 0.25) is 0 Å². The molecule has 2 heterocycles. The smallest absolute Gasteiger partial charge is 0.323 e. The second kappa shape index (κ2) is 10.2. The number of nitrogens with one attached hydrogen (secondary N) is 2. The number of hydrogen-bond acceptors (Lipinski definition) is 6. The predicted molar refractivity (Wildman–Crippen MR) is 142 cm³/mol. The van der Waals surface area contributed by atoms with E-state index in [0.29, 0.717) is 39.7 Å². The third-order valence-corrected chi connectivity index (χ3v) is 5.71. The summed E-state index contributed by atoms with van der Waals surface area (Å²) in [5, 5.41) is 15.1. The highest BCUT2D eigenvalue weighted by Gasteiger charge is 2.15. The van der Waals surface area contributed by atoms with E-state index in [0.717, 1.165) is 5.56 Å². The standard InChI is InChI=1S/C28H23N5O4/c1-37-25-10-3-2-8-22(25)32-28(36)30-19-6-4-7-20(17-19)33-26-23(9-5-15-29-26)31-24(27(33)35)16-18-11-13-21(34)14-12-18/h2-15,17,34H,16H2,1H3,(H2,30,32,36). The molecule has 3 N–H and O–H groups in total. The summed E-state index contributed by atoms with van der Waals surface area (Å²) in [5.41, 5.74) is 3.34. The Morgan fingerprint density at radius 2 is 1.78 bits per heavy atom. The van der Waals surface area contributed by atoms with Gasteiger partial charge in [-0.2, -0.15) is 0 Å². The van der Waals surface area contributed by atoms with Gasteiger partial charge in [-0.05, 0) is 60.2 Å². The van der Waals surface area contributed by atoms with Gasteiger partial charge in [-0.3, -0.25) is 9.36 Å². The van der Waals surface area contributed by atoms with Crippen molar-refractivity contribution >= 4 is 28.6 Å². The van der Waals surface area contributed by atoms with Crippen molar-refractivity contribution in [3.8, 4) is 17.2 Å². The van der Waals surface area contributed by atoms with Gasteiger partial charge in [0.05, 0.1) is 18.5 Å². The molecule has 9 nitrogen and oxygen atoms in total. The molecule has 9 heteroatoms. The Labute approximate surface area is 212 Å². The second-order valence-corrected chi connectivity index (χ2v) is 8.22. The van der Waals surface area contributed by atoms with E-state index in [1.54, 1.807) is 85.1 Å². The monoisotopic (exact) mass is 493 g/mol. The van der Waals surface area contributed by atoms with Gasteiger partial charge in [-0.25, -0.2) is 14.8 Å². The van der Waals surface area contributed by atoms with Crippen LogP contribution >= 0.6 is 0 Å². The van der Waals surface area contributed by atoms with E-state index in [1.807, 2.05) is 6.07 Å². The molecule has 184 valence electrons. The summed E-state index contributed by atoms with van der Waals surface area (Å²) >= 11 is 0. The van der Waals surface area contributed by atoms with E-state index in [-0.39, 0.29) is 17.7 Å². The van der Waals surface area contributed by atoms with E-state index in [4.69, 9.17) is 4.74 Å². The largest absolute Gasteiger partial charge is 0.508 e. The number of anilines is 2. The molecule has 2 amide bonds. The van der Waals surface area contributed by atoms with Crippen LogP contribution in [0.5, 0.6) is 11.5 Å². The number of aromatic nitrogens is 3. The molecular formula is C28H23N5O4. The fourth-order valence-corrected chi connectivity index (χ4v) is 3.98. The number of urea groups is 1. The van der Waals surface area contributed by atoms with Gasteiger partial charge >= 0.3 is 6.03 Å². The van der Waals surface area contributed by atoms with Crippen LogP contribution in [-0.4, -0.2) is 32.8 Å². The number of phenols is 1. The molecule has 0 radical (unpaired) electrons. The Balaban J connectivity index is 1.49. The SMILES string of the molecule is COc1ccccc1NC(=O)Nc1cccc(-n2c(=O)c(Cc3ccc(O)cc3)nc3cccnc32)c1. The van der Waals surface area contributed by atoms with Crippen LogP contribution in [0.3, 0.4) is 0 Å². The number of para-hydroxylation sites is 2. The summed E-state index contributed by atoms with van der Waals surface area (Å²) in [4.78, 5) is 35.2. The minimum absolute atomic E-state index is 0.149. The Kier molecular flexibility index (Phi) is 6.50. The minimum Gasteiger partial charge on any atom is -0.508 e. The highest BCUT2D eigenvalue weighted by Crippen LogP contribution is 2.24. The Bertz CT molecular complexity index is 1650. The molecule has 5 rings (SSSR count). The number of aromatic hydroxyl groups is 1. The average Bonchev–Trinajstić information content (AvgIpc) is 2.91. The average molecular weight is 494 g/mol. The lowest BCUT2D eigenvalue weighted by Gasteiger charge is -2.14. The molecule has 5 aromatic rings. The van der Waals surface area contributed by atoms with E-state index < -0.39 is 6.03 Å². The first-order chi connectivity index (χ1) is 18.0. The van der Waals surface area contributed by atoms with Crippen molar-refractivity contribution in [2.75, 3.05) is 17.7 Å². The topological polar surface area (TPSA) is 118 Å². The molecule has 37 heavy (non-hydrogen) atoms. The first-order valence-corrected chi connectivity index (χ1v) is 11.5. The number of methoxy groups -OCH3 is 1. The Morgan fingerprint density at radius 3 is 2.59 bits per heavy atom. The van der Waals surface area contributed by atoms with Gasteiger partial charge < -0.3 is 20.5 Å². The summed E-state index contributed by atoms with van der Waals surface area (Å²) in [5.74, 6) is 0.685. The zero-order chi connectivity index (χ0) is 25.8. The zero-order valence-electron chi connectivity index (χ0n) is 19.9. The molecule has 0 spiro atoms. The number of carbonyl (C=O) groups excluding carboxylic acids is 1. The molecule has 0 saturated heterocycles. The van der Waals surface area contributed by atoms with Crippen molar-refractivity contribution in [2.24, 2.45) is 0 Å². The molecule has 0 aliphatic heterocycles. The van der Waals surface area contributed by atoms with E-state index in [2.05, 4.69) is 20.6 Å². The van der Waals surface area contributed by atoms with Gasteiger partial charge in [0.1, 0.15) is 22.7 Å². The maximum absolute atomic E-state index is 13.6. The number of fused-ring (bicyclic) bond motifs is 1. The highest BCUT2D eigenvalue weighted by atomic mass is 16.5. The van der Waals surface area contributed by atoms with Crippen LogP contribution in [-0.2, 0) is 6.42 Å². The predicted octanol–water partition coefficient (Wildman–Crippen LogP) is 4.73. The number of pyridine rings is 1. The van der Waals surface area contributed by atoms with Crippen LogP contribution in [0.25, 0.3) is 16.9 Å². The number of amides is 2. The summed E-state index contributed by atoms with van der Waals surface area (Å²) in [6, 6.07) is 23.8. The van der Waals surface area contributed by atoms with Crippen LogP contribution in [0.2, 0.25) is 0 Å². The third-order valence-electron chi connectivity index (χ3n) is 5.71. The molecule has 0 unspecified atom stereocenters. The minimum atomic E-state index is -0.459. The Hall–Kier alpha value is -5.18. The number of nitrogens with zero attached hydrogens (tertiary/aromatic N) is 3. The second-order valence-electron chi connectivity index (χ2n) is 8.22.